The fourth-order valence-electron chi connectivity index (χ4n) is 2.77. The summed E-state index contributed by atoms with van der Waals surface area (Å²) in [5.41, 5.74) is 1.72. The predicted molar refractivity (Wildman–Crippen MR) is 104 cm³/mol. The highest BCUT2D eigenvalue weighted by Crippen LogP contribution is 2.29. The lowest BCUT2D eigenvalue weighted by Crippen LogP contribution is -2.30. The minimum absolute atomic E-state index is 0.0597. The van der Waals surface area contributed by atoms with Gasteiger partial charge in [0.1, 0.15) is 4.83 Å². The highest BCUT2D eigenvalue weighted by Gasteiger charge is 2.22. The number of nitrogens with zero attached hydrogens (tertiary/aromatic N) is 2. The molecule has 6 nitrogen and oxygen atoms in total. The van der Waals surface area contributed by atoms with Crippen LogP contribution < -0.4 is 5.32 Å². The molecule has 0 spiro atoms. The van der Waals surface area contributed by atoms with E-state index in [0.717, 1.165) is 25.9 Å². The molecule has 0 radical (unpaired) electrons. The first-order valence-corrected chi connectivity index (χ1v) is 9.56. The summed E-state index contributed by atoms with van der Waals surface area (Å²) in [7, 11) is 3.19. The van der Waals surface area contributed by atoms with Crippen LogP contribution in [0.4, 0.5) is 0 Å². The van der Waals surface area contributed by atoms with Crippen LogP contribution in [0.5, 0.6) is 0 Å². The Morgan fingerprint density at radius 3 is 2.81 bits per heavy atom. The van der Waals surface area contributed by atoms with E-state index in [1.807, 2.05) is 44.3 Å². The standard InChI is InChI=1S/C18H18BrN3O3S/c1-10-13-8-15(26-18(13)22(2)21-10)17(24)20-14(9-16(23)25-3)11-5-4-6-12(19)7-11/h4-8,14H,9H2,1-3H3,(H,20,24). The van der Waals surface area contributed by atoms with Crippen molar-refractivity contribution >= 4 is 49.4 Å². The van der Waals surface area contributed by atoms with Crippen LogP contribution in [0.15, 0.2) is 34.8 Å². The van der Waals surface area contributed by atoms with Gasteiger partial charge in [0.25, 0.3) is 5.91 Å². The first-order chi connectivity index (χ1) is 12.4. The van der Waals surface area contributed by atoms with Gasteiger partial charge in [-0.05, 0) is 30.7 Å². The summed E-state index contributed by atoms with van der Waals surface area (Å²) in [5.74, 6) is -0.605. The minimum atomic E-state index is -0.475. The summed E-state index contributed by atoms with van der Waals surface area (Å²) in [4.78, 5) is 26.1. The lowest BCUT2D eigenvalue weighted by Gasteiger charge is -2.18. The van der Waals surface area contributed by atoms with Crippen LogP contribution in [0.2, 0.25) is 0 Å². The third-order valence-corrected chi connectivity index (χ3v) is 5.77. The predicted octanol–water partition coefficient (Wildman–Crippen LogP) is 3.74. The number of methoxy groups -OCH3 is 1. The van der Waals surface area contributed by atoms with Gasteiger partial charge in [0.05, 0.1) is 30.1 Å². The molecule has 136 valence electrons. The summed E-state index contributed by atoms with van der Waals surface area (Å²) in [6, 6.07) is 8.88. The molecule has 26 heavy (non-hydrogen) atoms. The molecule has 0 aliphatic carbocycles. The molecule has 0 fully saturated rings. The van der Waals surface area contributed by atoms with Crippen molar-refractivity contribution in [3.05, 3.63) is 50.9 Å². The summed E-state index contributed by atoms with van der Waals surface area (Å²) in [5, 5.41) is 8.27. The van der Waals surface area contributed by atoms with Gasteiger partial charge in [0, 0.05) is 16.9 Å². The van der Waals surface area contributed by atoms with Gasteiger partial charge in [0.15, 0.2) is 0 Å². The second kappa shape index (κ2) is 7.59. The van der Waals surface area contributed by atoms with Crippen LogP contribution in [0.25, 0.3) is 10.2 Å². The maximum Gasteiger partial charge on any atom is 0.307 e. The maximum absolute atomic E-state index is 12.8. The van der Waals surface area contributed by atoms with Gasteiger partial charge in [0.2, 0.25) is 0 Å². The van der Waals surface area contributed by atoms with Crippen LogP contribution in [0, 0.1) is 6.92 Å². The number of thiophene rings is 1. The molecule has 0 aliphatic heterocycles. The SMILES string of the molecule is COC(=O)CC(NC(=O)c1cc2c(C)nn(C)c2s1)c1cccc(Br)c1. The number of fused-ring (bicyclic) bond motifs is 1. The van der Waals surface area contributed by atoms with E-state index in [4.69, 9.17) is 4.74 Å². The highest BCUT2D eigenvalue weighted by atomic mass is 79.9. The van der Waals surface area contributed by atoms with Gasteiger partial charge in [-0.15, -0.1) is 11.3 Å². The summed E-state index contributed by atoms with van der Waals surface area (Å²) in [6.45, 7) is 1.91. The average molecular weight is 436 g/mol. The van der Waals surface area contributed by atoms with Crippen molar-refractivity contribution in [3.63, 3.8) is 0 Å². The van der Waals surface area contributed by atoms with Crippen LogP contribution in [0.1, 0.15) is 33.4 Å². The monoisotopic (exact) mass is 435 g/mol. The van der Waals surface area contributed by atoms with Crippen molar-refractivity contribution in [2.75, 3.05) is 7.11 Å². The quantitative estimate of drug-likeness (QED) is 0.619. The molecule has 8 heteroatoms. The fourth-order valence-corrected chi connectivity index (χ4v) is 4.22. The molecular formula is C18H18BrN3O3S. The number of esters is 1. The van der Waals surface area contributed by atoms with E-state index in [0.29, 0.717) is 4.88 Å². The molecule has 0 saturated carbocycles. The van der Waals surface area contributed by atoms with E-state index in [1.54, 1.807) is 4.68 Å². The average Bonchev–Trinajstić information content (AvgIpc) is 3.16. The molecule has 0 bridgehead atoms. The van der Waals surface area contributed by atoms with Crippen molar-refractivity contribution in [2.24, 2.45) is 7.05 Å². The second-order valence-electron chi connectivity index (χ2n) is 5.90. The number of benzene rings is 1. The number of carbonyl (C=O) groups is 2. The third kappa shape index (κ3) is 3.81. The normalized spacial score (nSPS) is 12.2. The number of carbonyl (C=O) groups excluding carboxylic acids is 2. The van der Waals surface area contributed by atoms with Gasteiger partial charge in [-0.1, -0.05) is 28.1 Å². The molecule has 1 aromatic carbocycles. The minimum Gasteiger partial charge on any atom is -0.469 e. The summed E-state index contributed by atoms with van der Waals surface area (Å²) in [6.07, 6.45) is 0.0597. The molecule has 1 amide bonds. The zero-order valence-electron chi connectivity index (χ0n) is 14.6. The largest absolute Gasteiger partial charge is 0.469 e. The number of aryl methyl sites for hydroxylation is 2. The lowest BCUT2D eigenvalue weighted by molar-refractivity contribution is -0.141. The van der Waals surface area contributed by atoms with E-state index in [-0.39, 0.29) is 18.3 Å². The van der Waals surface area contributed by atoms with Gasteiger partial charge in [-0.2, -0.15) is 5.10 Å². The molecule has 2 aromatic heterocycles. The Bertz CT molecular complexity index is 945. The Balaban J connectivity index is 1.88. The molecular weight excluding hydrogens is 418 g/mol. The molecule has 0 saturated heterocycles. The Kier molecular flexibility index (Phi) is 5.43. The second-order valence-corrected chi connectivity index (χ2v) is 7.85. The molecule has 2 heterocycles. The summed E-state index contributed by atoms with van der Waals surface area (Å²) < 4.78 is 7.42. The molecule has 1 unspecified atom stereocenters. The van der Waals surface area contributed by atoms with E-state index >= 15 is 0 Å². The number of amides is 1. The molecule has 3 aromatic rings. The first kappa shape index (κ1) is 18.6. The van der Waals surface area contributed by atoms with Crippen LogP contribution >= 0.6 is 27.3 Å². The van der Waals surface area contributed by atoms with E-state index < -0.39 is 6.04 Å². The fraction of sp³-hybridized carbons (Fsp3) is 0.278. The first-order valence-electron chi connectivity index (χ1n) is 7.95. The van der Waals surface area contributed by atoms with E-state index in [2.05, 4.69) is 26.3 Å². The number of hydrogen-bond acceptors (Lipinski definition) is 5. The zero-order chi connectivity index (χ0) is 18.8. The van der Waals surface area contributed by atoms with Crippen molar-refractivity contribution in [3.8, 4) is 0 Å². The maximum atomic E-state index is 12.8. The Labute approximate surface area is 163 Å². The molecule has 0 aliphatic rings. The summed E-state index contributed by atoms with van der Waals surface area (Å²) >= 11 is 4.80. The number of nitrogens with one attached hydrogen (secondary N) is 1. The van der Waals surface area contributed by atoms with Crippen LogP contribution in [0.3, 0.4) is 0 Å². The Morgan fingerprint density at radius 2 is 2.15 bits per heavy atom. The van der Waals surface area contributed by atoms with Gasteiger partial charge < -0.3 is 10.1 Å². The van der Waals surface area contributed by atoms with Crippen molar-refractivity contribution < 1.29 is 14.3 Å². The smallest absolute Gasteiger partial charge is 0.307 e. The van der Waals surface area contributed by atoms with Gasteiger partial charge >= 0.3 is 5.97 Å². The number of ether oxygens (including phenoxy) is 1. The van der Waals surface area contributed by atoms with E-state index in [9.17, 15) is 9.59 Å². The number of hydrogen-bond donors (Lipinski definition) is 1. The number of aromatic nitrogens is 2. The van der Waals surface area contributed by atoms with Crippen molar-refractivity contribution in [1.29, 1.82) is 0 Å². The van der Waals surface area contributed by atoms with Gasteiger partial charge in [-0.3, -0.25) is 14.3 Å². The van der Waals surface area contributed by atoms with E-state index in [1.165, 1.54) is 18.4 Å². The highest BCUT2D eigenvalue weighted by molar-refractivity contribution is 9.10. The number of halogens is 1. The Hall–Kier alpha value is -2.19. The topological polar surface area (TPSA) is 73.2 Å². The van der Waals surface area contributed by atoms with Gasteiger partial charge in [-0.25, -0.2) is 0 Å². The molecule has 1 atom stereocenters. The van der Waals surface area contributed by atoms with Crippen molar-refractivity contribution in [2.45, 2.75) is 19.4 Å². The molecule has 1 N–H and O–H groups in total. The lowest BCUT2D eigenvalue weighted by atomic mass is 10.0. The van der Waals surface area contributed by atoms with Crippen LogP contribution in [-0.2, 0) is 16.6 Å². The zero-order valence-corrected chi connectivity index (χ0v) is 17.0. The van der Waals surface area contributed by atoms with Crippen LogP contribution in [-0.4, -0.2) is 28.8 Å². The third-order valence-electron chi connectivity index (χ3n) is 4.07. The van der Waals surface area contributed by atoms with Crippen molar-refractivity contribution in [1.82, 2.24) is 15.1 Å². The Morgan fingerprint density at radius 1 is 1.38 bits per heavy atom. The number of rotatable bonds is 5. The molecule has 3 rings (SSSR count).